The number of carbonyl (C=O) groups is 2. The highest BCUT2D eigenvalue weighted by Crippen LogP contribution is 2.22. The van der Waals surface area contributed by atoms with Crippen LogP contribution in [0.2, 0.25) is 0 Å². The molecule has 0 aliphatic carbocycles. The Bertz CT molecular complexity index is 1140. The molecule has 2 N–H and O–H groups in total. The van der Waals surface area contributed by atoms with Crippen LogP contribution in [0.5, 0.6) is 0 Å². The van der Waals surface area contributed by atoms with Gasteiger partial charge in [-0.1, -0.05) is 59.5 Å². The number of amides is 2. The third kappa shape index (κ3) is 4.28. The Hall–Kier alpha value is -3.79. The zero-order valence-corrected chi connectivity index (χ0v) is 16.1. The number of nitrogens with one attached hydrogen (secondary N) is 2. The molecule has 4 aromatic rings. The van der Waals surface area contributed by atoms with Crippen molar-refractivity contribution in [1.82, 2.24) is 0 Å². The van der Waals surface area contributed by atoms with Crippen LogP contribution in [0.15, 0.2) is 84.9 Å². The molecular formula is C24H16B2N2O2. The monoisotopic (exact) mass is 386 g/mol. The van der Waals surface area contributed by atoms with Crippen LogP contribution in [0.25, 0.3) is 10.8 Å². The first-order valence-corrected chi connectivity index (χ1v) is 9.36. The summed E-state index contributed by atoms with van der Waals surface area (Å²) in [5, 5.41) is 7.38. The van der Waals surface area contributed by atoms with Crippen LogP contribution in [0.4, 0.5) is 11.4 Å². The summed E-state index contributed by atoms with van der Waals surface area (Å²) in [5.74, 6) is -0.763. The lowest BCUT2D eigenvalue weighted by molar-refractivity contribution is 0.0991. The van der Waals surface area contributed by atoms with E-state index in [2.05, 4.69) is 10.6 Å². The van der Waals surface area contributed by atoms with Gasteiger partial charge in [0.05, 0.1) is 11.1 Å². The van der Waals surface area contributed by atoms with Gasteiger partial charge in [-0.15, -0.1) is 0 Å². The maximum absolute atomic E-state index is 13.0. The Morgan fingerprint density at radius 3 is 1.30 bits per heavy atom. The number of anilines is 2. The molecule has 0 fully saturated rings. The first-order chi connectivity index (χ1) is 14.5. The number of hydrogen-bond donors (Lipinski definition) is 2. The molecule has 0 aliphatic rings. The third-order valence-electron chi connectivity index (χ3n) is 4.71. The summed E-state index contributed by atoms with van der Waals surface area (Å²) in [6.45, 7) is 0. The summed E-state index contributed by atoms with van der Waals surface area (Å²) in [6.07, 6.45) is 0. The van der Waals surface area contributed by atoms with E-state index in [-0.39, 0.29) is 22.9 Å². The van der Waals surface area contributed by atoms with E-state index in [1.807, 2.05) is 24.3 Å². The molecular weight excluding hydrogens is 370 g/mol. The second kappa shape index (κ2) is 8.29. The predicted molar refractivity (Wildman–Crippen MR) is 124 cm³/mol. The summed E-state index contributed by atoms with van der Waals surface area (Å²) in [7, 11) is 11.4. The molecule has 0 bridgehead atoms. The first kappa shape index (κ1) is 19.5. The minimum atomic E-state index is -0.381. The maximum Gasteiger partial charge on any atom is 0.256 e. The normalized spacial score (nSPS) is 10.5. The number of fused-ring (bicyclic) bond motifs is 1. The minimum Gasteiger partial charge on any atom is -0.322 e. The Morgan fingerprint density at radius 2 is 0.933 bits per heavy atom. The molecule has 0 spiro atoms. The first-order valence-electron chi connectivity index (χ1n) is 9.36. The standard InChI is InChI=1S/C24H16B2N2O2/c25-17-5-9-19(10-6-17)27-23(29)21-13-15-3-1-2-4-16(15)14-22(21)24(30)28-20-11-7-18(26)8-12-20/h1-14H,(H,27,29)(H,28,30). The van der Waals surface area contributed by atoms with Crippen molar-refractivity contribution >= 4 is 60.6 Å². The van der Waals surface area contributed by atoms with E-state index in [0.29, 0.717) is 22.3 Å². The fourth-order valence-electron chi connectivity index (χ4n) is 3.15. The van der Waals surface area contributed by atoms with Crippen LogP contribution >= 0.6 is 0 Å². The van der Waals surface area contributed by atoms with E-state index < -0.39 is 0 Å². The Kier molecular flexibility index (Phi) is 5.40. The van der Waals surface area contributed by atoms with Crippen LogP contribution in [0.1, 0.15) is 20.7 Å². The quantitative estimate of drug-likeness (QED) is 0.530. The van der Waals surface area contributed by atoms with Crippen molar-refractivity contribution in [2.24, 2.45) is 0 Å². The number of hydrogen-bond acceptors (Lipinski definition) is 2. The second-order valence-electron chi connectivity index (χ2n) is 6.90. The molecule has 0 aliphatic heterocycles. The molecule has 140 valence electrons. The molecule has 0 atom stereocenters. The van der Waals surface area contributed by atoms with Gasteiger partial charge in [-0.3, -0.25) is 9.59 Å². The Morgan fingerprint density at radius 1 is 0.567 bits per heavy atom. The lowest BCUT2D eigenvalue weighted by atomic mass is 9.96. The molecule has 4 rings (SSSR count). The van der Waals surface area contributed by atoms with Crippen molar-refractivity contribution in [2.45, 2.75) is 0 Å². The Balaban J connectivity index is 1.71. The summed E-state index contributed by atoms with van der Waals surface area (Å²) < 4.78 is 0. The number of rotatable bonds is 4. The summed E-state index contributed by atoms with van der Waals surface area (Å²) in [5.41, 5.74) is 2.93. The Labute approximate surface area is 177 Å². The van der Waals surface area contributed by atoms with Gasteiger partial charge >= 0.3 is 0 Å². The van der Waals surface area contributed by atoms with Gasteiger partial charge in [-0.25, -0.2) is 0 Å². The highest BCUT2D eigenvalue weighted by atomic mass is 16.2. The van der Waals surface area contributed by atoms with Gasteiger partial charge in [0.2, 0.25) is 0 Å². The second-order valence-corrected chi connectivity index (χ2v) is 6.90. The van der Waals surface area contributed by atoms with Crippen LogP contribution in [0.3, 0.4) is 0 Å². The molecule has 0 saturated heterocycles. The highest BCUT2D eigenvalue weighted by molar-refractivity contribution is 6.32. The topological polar surface area (TPSA) is 58.2 Å². The summed E-state index contributed by atoms with van der Waals surface area (Å²) >= 11 is 0. The van der Waals surface area contributed by atoms with Crippen molar-refractivity contribution in [3.63, 3.8) is 0 Å². The molecule has 4 radical (unpaired) electrons. The van der Waals surface area contributed by atoms with E-state index in [9.17, 15) is 9.59 Å². The van der Waals surface area contributed by atoms with Crippen LogP contribution in [0, 0.1) is 0 Å². The fourth-order valence-corrected chi connectivity index (χ4v) is 3.15. The number of carbonyl (C=O) groups excluding carboxylic acids is 2. The van der Waals surface area contributed by atoms with Gasteiger partial charge in [0.1, 0.15) is 15.7 Å². The largest absolute Gasteiger partial charge is 0.322 e. The molecule has 30 heavy (non-hydrogen) atoms. The van der Waals surface area contributed by atoms with E-state index in [0.717, 1.165) is 10.8 Å². The molecule has 0 aromatic heterocycles. The van der Waals surface area contributed by atoms with E-state index in [1.54, 1.807) is 60.7 Å². The van der Waals surface area contributed by atoms with Crippen LogP contribution < -0.4 is 21.6 Å². The summed E-state index contributed by atoms with van der Waals surface area (Å²) in [6, 6.07) is 24.7. The average Bonchev–Trinajstić information content (AvgIpc) is 2.76. The lowest BCUT2D eigenvalue weighted by Gasteiger charge is -2.13. The van der Waals surface area contributed by atoms with Crippen LogP contribution in [-0.2, 0) is 0 Å². The molecule has 0 heterocycles. The van der Waals surface area contributed by atoms with Gasteiger partial charge in [-0.2, -0.15) is 0 Å². The van der Waals surface area contributed by atoms with Crippen LogP contribution in [-0.4, -0.2) is 27.5 Å². The smallest absolute Gasteiger partial charge is 0.256 e. The SMILES string of the molecule is [B]c1ccc(NC(=O)c2cc3ccccc3cc2C(=O)Nc2ccc([B])cc2)cc1. The molecule has 4 nitrogen and oxygen atoms in total. The lowest BCUT2D eigenvalue weighted by Crippen LogP contribution is -2.20. The molecule has 6 heteroatoms. The van der Waals surface area contributed by atoms with Gasteiger partial charge in [-0.05, 0) is 47.2 Å². The van der Waals surface area contributed by atoms with E-state index >= 15 is 0 Å². The maximum atomic E-state index is 13.0. The molecule has 4 aromatic carbocycles. The molecule has 0 unspecified atom stereocenters. The molecule has 2 amide bonds. The molecule has 0 saturated carbocycles. The third-order valence-corrected chi connectivity index (χ3v) is 4.71. The van der Waals surface area contributed by atoms with Crippen molar-refractivity contribution in [2.75, 3.05) is 10.6 Å². The van der Waals surface area contributed by atoms with Crippen molar-refractivity contribution < 1.29 is 9.59 Å². The average molecular weight is 386 g/mol. The van der Waals surface area contributed by atoms with Gasteiger partial charge < -0.3 is 10.6 Å². The summed E-state index contributed by atoms with van der Waals surface area (Å²) in [4.78, 5) is 26.1. The van der Waals surface area contributed by atoms with Gasteiger partial charge in [0, 0.05) is 11.4 Å². The van der Waals surface area contributed by atoms with Crippen molar-refractivity contribution in [1.29, 1.82) is 0 Å². The van der Waals surface area contributed by atoms with Gasteiger partial charge in [0.25, 0.3) is 11.8 Å². The van der Waals surface area contributed by atoms with E-state index in [1.165, 1.54) is 0 Å². The number of benzene rings is 4. The fraction of sp³-hybridized carbons (Fsp3) is 0. The van der Waals surface area contributed by atoms with E-state index in [4.69, 9.17) is 15.7 Å². The zero-order chi connectivity index (χ0) is 21.1. The van der Waals surface area contributed by atoms with Crippen molar-refractivity contribution in [3.8, 4) is 0 Å². The minimum absolute atomic E-state index is 0.276. The predicted octanol–water partition coefficient (Wildman–Crippen LogP) is 2.93. The highest BCUT2D eigenvalue weighted by Gasteiger charge is 2.19. The van der Waals surface area contributed by atoms with Gasteiger partial charge in [0.15, 0.2) is 0 Å². The van der Waals surface area contributed by atoms with Crippen molar-refractivity contribution in [3.05, 3.63) is 96.1 Å². The zero-order valence-electron chi connectivity index (χ0n) is 16.1.